The lowest BCUT2D eigenvalue weighted by Crippen LogP contribution is -2.63. The van der Waals surface area contributed by atoms with Crippen molar-refractivity contribution in [3.05, 3.63) is 12.7 Å². The Labute approximate surface area is 182 Å². The molecule has 0 aliphatic carbocycles. The standard InChI is InChI=1S/C18H24N5O8P/c1-3-5-9(24)18(10(25)6-4-2)14-13(30-32(27,28)31-18)12(26)17(29-14)23-8-22-11-15(19)20-7-21-16(11)23/h7-8,12-14,17,26H,3-6H2,1-2H3,(H,27,28)(H2,19,20,21)/t12-,13+,14+,17-/m1/s1. The van der Waals surface area contributed by atoms with Crippen LogP contribution in [0.1, 0.15) is 45.8 Å². The molecule has 2 aliphatic heterocycles. The topological polar surface area (TPSA) is 189 Å². The Morgan fingerprint density at radius 1 is 1.22 bits per heavy atom. The number of hydrogen-bond donors (Lipinski definition) is 3. The summed E-state index contributed by atoms with van der Waals surface area (Å²) in [6.07, 6.45) is -2.74. The number of aliphatic hydroxyl groups excluding tert-OH is 1. The number of Topliss-reactive ketones (excluding diaryl/α,β-unsaturated/α-hetero) is 2. The zero-order valence-electron chi connectivity index (χ0n) is 17.4. The summed E-state index contributed by atoms with van der Waals surface area (Å²) in [4.78, 5) is 48.6. The summed E-state index contributed by atoms with van der Waals surface area (Å²) in [5, 5.41) is 11.0. The third-order valence-corrected chi connectivity index (χ3v) is 6.60. The fourth-order valence-corrected chi connectivity index (χ4v) is 5.45. The number of hydrogen-bond acceptors (Lipinski definition) is 11. The average molecular weight is 469 g/mol. The minimum absolute atomic E-state index is 0.0967. The Balaban J connectivity index is 1.83. The SMILES string of the molecule is CCCC(=O)C1(C(=O)CCC)OP(=O)(O)O[C@H]2[C@@H](O)[C@H](n3cnc4c(N)ncnc43)O[C@@H]21. The molecule has 174 valence electrons. The summed E-state index contributed by atoms with van der Waals surface area (Å²) in [5.74, 6) is -1.31. The maximum atomic E-state index is 13.2. The smallest absolute Gasteiger partial charge is 0.386 e. The molecule has 4 rings (SSSR count). The van der Waals surface area contributed by atoms with E-state index in [2.05, 4.69) is 15.0 Å². The summed E-state index contributed by atoms with van der Waals surface area (Å²) >= 11 is 0. The average Bonchev–Trinajstić information content (AvgIpc) is 3.29. The van der Waals surface area contributed by atoms with Crippen LogP contribution in [0.5, 0.6) is 0 Å². The third kappa shape index (κ3) is 3.45. The molecule has 4 N–H and O–H groups in total. The molecular formula is C18H24N5O8P. The van der Waals surface area contributed by atoms with Gasteiger partial charge < -0.3 is 20.5 Å². The predicted octanol–water partition coefficient (Wildman–Crippen LogP) is 0.660. The predicted molar refractivity (Wildman–Crippen MR) is 108 cm³/mol. The van der Waals surface area contributed by atoms with Crippen LogP contribution in [0.25, 0.3) is 11.2 Å². The van der Waals surface area contributed by atoms with Crippen LogP contribution in [0, 0.1) is 0 Å². The zero-order chi connectivity index (χ0) is 23.3. The summed E-state index contributed by atoms with van der Waals surface area (Å²) in [6.45, 7) is 3.44. The number of phosphoric ester groups is 1. The number of fused-ring (bicyclic) bond motifs is 2. The Morgan fingerprint density at radius 2 is 1.88 bits per heavy atom. The van der Waals surface area contributed by atoms with Crippen molar-refractivity contribution in [1.29, 1.82) is 0 Å². The van der Waals surface area contributed by atoms with E-state index >= 15 is 0 Å². The van der Waals surface area contributed by atoms with Crippen LogP contribution in [0.15, 0.2) is 12.7 Å². The first-order chi connectivity index (χ1) is 15.2. The number of ketones is 2. The highest BCUT2D eigenvalue weighted by Gasteiger charge is 2.69. The van der Waals surface area contributed by atoms with Crippen LogP contribution in [0.2, 0.25) is 0 Å². The first-order valence-corrected chi connectivity index (χ1v) is 11.7. The number of ether oxygens (including phenoxy) is 1. The molecule has 4 heterocycles. The van der Waals surface area contributed by atoms with E-state index in [1.54, 1.807) is 13.8 Å². The van der Waals surface area contributed by atoms with Crippen LogP contribution >= 0.6 is 7.82 Å². The highest BCUT2D eigenvalue weighted by atomic mass is 31.2. The van der Waals surface area contributed by atoms with E-state index in [-0.39, 0.29) is 29.8 Å². The van der Waals surface area contributed by atoms with Gasteiger partial charge in [0.25, 0.3) is 0 Å². The van der Waals surface area contributed by atoms with E-state index in [0.29, 0.717) is 12.8 Å². The van der Waals surface area contributed by atoms with Crippen LogP contribution in [-0.4, -0.2) is 65.0 Å². The Bertz CT molecular complexity index is 1090. The second kappa shape index (κ2) is 8.25. The largest absolute Gasteiger partial charge is 0.474 e. The number of rotatable bonds is 7. The van der Waals surface area contributed by atoms with Crippen molar-refractivity contribution < 1.29 is 37.9 Å². The van der Waals surface area contributed by atoms with E-state index in [1.165, 1.54) is 17.2 Å². The van der Waals surface area contributed by atoms with E-state index < -0.39 is 49.5 Å². The van der Waals surface area contributed by atoms with Crippen molar-refractivity contribution in [3.63, 3.8) is 0 Å². The number of nitrogen functional groups attached to an aromatic ring is 1. The van der Waals surface area contributed by atoms with Crippen LogP contribution in [-0.2, 0) is 27.9 Å². The summed E-state index contributed by atoms with van der Waals surface area (Å²) in [5.41, 5.74) is 3.89. The lowest BCUT2D eigenvalue weighted by molar-refractivity contribution is -0.183. The quantitative estimate of drug-likeness (QED) is 0.380. The molecule has 2 aliphatic rings. The number of anilines is 1. The van der Waals surface area contributed by atoms with E-state index in [9.17, 15) is 24.2 Å². The number of nitrogens with two attached hydrogens (primary N) is 1. The van der Waals surface area contributed by atoms with Crippen molar-refractivity contribution in [2.75, 3.05) is 5.73 Å². The molecule has 2 fully saturated rings. The lowest BCUT2D eigenvalue weighted by Gasteiger charge is -2.42. The maximum Gasteiger partial charge on any atom is 0.474 e. The van der Waals surface area contributed by atoms with Gasteiger partial charge in [0.05, 0.1) is 6.33 Å². The van der Waals surface area contributed by atoms with Crippen LogP contribution in [0.3, 0.4) is 0 Å². The molecule has 2 saturated heterocycles. The molecule has 0 radical (unpaired) electrons. The van der Waals surface area contributed by atoms with Crippen molar-refractivity contribution in [1.82, 2.24) is 19.5 Å². The van der Waals surface area contributed by atoms with Gasteiger partial charge in [0.2, 0.25) is 5.60 Å². The molecule has 5 atom stereocenters. The van der Waals surface area contributed by atoms with Gasteiger partial charge in [0.1, 0.15) is 30.2 Å². The molecule has 0 saturated carbocycles. The number of aliphatic hydroxyl groups is 1. The van der Waals surface area contributed by atoms with E-state index in [4.69, 9.17) is 19.5 Å². The summed E-state index contributed by atoms with van der Waals surface area (Å²) in [7, 11) is -4.88. The van der Waals surface area contributed by atoms with Gasteiger partial charge in [-0.2, -0.15) is 0 Å². The van der Waals surface area contributed by atoms with Crippen LogP contribution in [0.4, 0.5) is 5.82 Å². The van der Waals surface area contributed by atoms with Crippen molar-refractivity contribution in [3.8, 4) is 0 Å². The molecule has 13 nitrogen and oxygen atoms in total. The number of carbonyl (C=O) groups excluding carboxylic acids is 2. The van der Waals surface area contributed by atoms with Gasteiger partial charge in [-0.25, -0.2) is 19.5 Å². The first-order valence-electron chi connectivity index (χ1n) is 10.2. The number of imidazole rings is 1. The van der Waals surface area contributed by atoms with Gasteiger partial charge in [-0.1, -0.05) is 13.8 Å². The molecule has 0 amide bonds. The Morgan fingerprint density at radius 3 is 2.50 bits per heavy atom. The maximum absolute atomic E-state index is 13.2. The molecule has 32 heavy (non-hydrogen) atoms. The molecule has 2 aromatic rings. The monoisotopic (exact) mass is 469 g/mol. The fourth-order valence-electron chi connectivity index (χ4n) is 4.19. The molecule has 2 aromatic heterocycles. The van der Waals surface area contributed by atoms with E-state index in [1.807, 2.05) is 0 Å². The van der Waals surface area contributed by atoms with Gasteiger partial charge in [-0.3, -0.25) is 23.2 Å². The molecule has 0 spiro atoms. The van der Waals surface area contributed by atoms with Gasteiger partial charge >= 0.3 is 7.82 Å². The van der Waals surface area contributed by atoms with Gasteiger partial charge in [-0.15, -0.1) is 0 Å². The van der Waals surface area contributed by atoms with Crippen molar-refractivity contribution in [2.24, 2.45) is 0 Å². The fraction of sp³-hybridized carbons (Fsp3) is 0.611. The molecule has 0 aromatic carbocycles. The third-order valence-electron chi connectivity index (χ3n) is 5.57. The molecule has 1 unspecified atom stereocenters. The minimum Gasteiger partial charge on any atom is -0.386 e. The van der Waals surface area contributed by atoms with E-state index in [0.717, 1.165) is 0 Å². The highest BCUT2D eigenvalue weighted by molar-refractivity contribution is 7.47. The normalized spacial score (nSPS) is 31.5. The first kappa shape index (κ1) is 22.9. The molecular weight excluding hydrogens is 445 g/mol. The van der Waals surface area contributed by atoms with Crippen molar-refractivity contribution in [2.45, 2.75) is 69.7 Å². The van der Waals surface area contributed by atoms with Crippen molar-refractivity contribution >= 4 is 36.4 Å². The summed E-state index contributed by atoms with van der Waals surface area (Å²) in [6, 6.07) is 0. The second-order valence-corrected chi connectivity index (χ2v) is 9.06. The number of carbonyl (C=O) groups is 2. The molecule has 0 bridgehead atoms. The summed E-state index contributed by atoms with van der Waals surface area (Å²) < 4.78 is 30.2. The number of aromatic nitrogens is 4. The lowest BCUT2D eigenvalue weighted by atomic mass is 9.81. The van der Waals surface area contributed by atoms with Gasteiger partial charge in [0.15, 0.2) is 29.3 Å². The van der Waals surface area contributed by atoms with Crippen LogP contribution < -0.4 is 5.73 Å². The second-order valence-electron chi connectivity index (χ2n) is 7.73. The van der Waals surface area contributed by atoms with Gasteiger partial charge in [0, 0.05) is 12.8 Å². The highest BCUT2D eigenvalue weighted by Crippen LogP contribution is 2.59. The minimum atomic E-state index is -4.88. The Kier molecular flexibility index (Phi) is 5.90. The zero-order valence-corrected chi connectivity index (χ0v) is 18.3. The number of nitrogens with zero attached hydrogens (tertiary/aromatic N) is 4. The number of phosphoric acid groups is 1. The Hall–Kier alpha value is -2.28. The molecule has 14 heteroatoms. The van der Waals surface area contributed by atoms with Gasteiger partial charge in [-0.05, 0) is 12.8 Å².